The van der Waals surface area contributed by atoms with Crippen LogP contribution in [0.15, 0.2) is 6.07 Å². The quantitative estimate of drug-likeness (QED) is 0.865. The first-order valence-electron chi connectivity index (χ1n) is 8.85. The summed E-state index contributed by atoms with van der Waals surface area (Å²) in [5.74, 6) is 0.299. The molecule has 0 bridgehead atoms. The topological polar surface area (TPSA) is 58.2 Å². The number of thiophene rings is 1. The Labute approximate surface area is 142 Å². The lowest BCUT2D eigenvalue weighted by Crippen LogP contribution is -2.35. The van der Waals surface area contributed by atoms with Gasteiger partial charge in [0, 0.05) is 12.0 Å². The molecule has 0 radical (unpaired) electrons. The highest BCUT2D eigenvalue weighted by Gasteiger charge is 2.30. The third-order valence-corrected chi connectivity index (χ3v) is 5.91. The molecule has 126 valence electrons. The summed E-state index contributed by atoms with van der Waals surface area (Å²) >= 11 is 1.40. The summed E-state index contributed by atoms with van der Waals surface area (Å²) in [6.07, 6.45) is 10.5. The van der Waals surface area contributed by atoms with Crippen molar-refractivity contribution in [1.29, 1.82) is 0 Å². The van der Waals surface area contributed by atoms with E-state index in [9.17, 15) is 9.59 Å². The summed E-state index contributed by atoms with van der Waals surface area (Å²) in [6, 6.07) is 2.21. The van der Waals surface area contributed by atoms with Gasteiger partial charge >= 0.3 is 0 Å². The number of aryl methyl sites for hydroxylation is 1. The van der Waals surface area contributed by atoms with Crippen LogP contribution in [-0.2, 0) is 4.79 Å². The van der Waals surface area contributed by atoms with Gasteiger partial charge < -0.3 is 10.6 Å². The van der Waals surface area contributed by atoms with Crippen molar-refractivity contribution in [3.05, 3.63) is 16.5 Å². The maximum atomic E-state index is 12.6. The molecular formula is C18H26N2O2S. The van der Waals surface area contributed by atoms with Crippen LogP contribution in [0.4, 0.5) is 5.00 Å². The van der Waals surface area contributed by atoms with Crippen molar-refractivity contribution in [2.24, 2.45) is 5.92 Å². The van der Waals surface area contributed by atoms with Gasteiger partial charge in [-0.1, -0.05) is 32.1 Å². The van der Waals surface area contributed by atoms with Gasteiger partial charge in [0.2, 0.25) is 5.91 Å². The van der Waals surface area contributed by atoms with Gasteiger partial charge in [0.1, 0.15) is 0 Å². The van der Waals surface area contributed by atoms with E-state index in [0.29, 0.717) is 6.04 Å². The van der Waals surface area contributed by atoms with Gasteiger partial charge in [-0.05, 0) is 44.2 Å². The summed E-state index contributed by atoms with van der Waals surface area (Å²) < 4.78 is 0. The summed E-state index contributed by atoms with van der Waals surface area (Å²) in [5, 5.41) is 6.94. The Kier molecular flexibility index (Phi) is 5.36. The number of carbonyl (C=O) groups excluding carboxylic acids is 2. The minimum absolute atomic E-state index is 0.0185. The monoisotopic (exact) mass is 334 g/mol. The molecule has 2 saturated carbocycles. The standard InChI is InChI=1S/C18H26N2O2S/c1-12-11-15(20-17(21)13-9-10-13)23-16(12)18(22)19-14-7-5-3-2-4-6-8-14/h11,13-14H,2-10H2,1H3,(H,19,22)(H,20,21). The molecule has 2 aliphatic rings. The van der Waals surface area contributed by atoms with E-state index < -0.39 is 0 Å². The molecule has 1 aromatic heterocycles. The second kappa shape index (κ2) is 7.47. The average molecular weight is 334 g/mol. The fourth-order valence-corrected chi connectivity index (χ4v) is 4.17. The second-order valence-electron chi connectivity index (χ2n) is 6.90. The van der Waals surface area contributed by atoms with Gasteiger partial charge in [-0.3, -0.25) is 9.59 Å². The molecule has 0 aromatic carbocycles. The number of hydrogen-bond acceptors (Lipinski definition) is 3. The van der Waals surface area contributed by atoms with E-state index in [1.54, 1.807) is 0 Å². The van der Waals surface area contributed by atoms with Crippen molar-refractivity contribution in [3.8, 4) is 0 Å². The summed E-state index contributed by atoms with van der Waals surface area (Å²) in [7, 11) is 0. The normalized spacial score (nSPS) is 19.7. The molecule has 23 heavy (non-hydrogen) atoms. The predicted molar refractivity (Wildman–Crippen MR) is 94.0 cm³/mol. The van der Waals surface area contributed by atoms with Crippen LogP contribution < -0.4 is 10.6 Å². The lowest BCUT2D eigenvalue weighted by atomic mass is 9.96. The summed E-state index contributed by atoms with van der Waals surface area (Å²) in [6.45, 7) is 1.94. The minimum Gasteiger partial charge on any atom is -0.349 e. The highest BCUT2D eigenvalue weighted by Crippen LogP contribution is 2.33. The van der Waals surface area contributed by atoms with E-state index in [4.69, 9.17) is 0 Å². The van der Waals surface area contributed by atoms with Crippen molar-refractivity contribution in [1.82, 2.24) is 5.32 Å². The Bertz CT molecular complexity index is 570. The number of nitrogens with one attached hydrogen (secondary N) is 2. The lowest BCUT2D eigenvalue weighted by molar-refractivity contribution is -0.117. The smallest absolute Gasteiger partial charge is 0.261 e. The molecule has 3 rings (SSSR count). The Balaban J connectivity index is 1.59. The van der Waals surface area contributed by atoms with Crippen molar-refractivity contribution < 1.29 is 9.59 Å². The van der Waals surface area contributed by atoms with Gasteiger partial charge in [0.25, 0.3) is 5.91 Å². The molecule has 5 heteroatoms. The van der Waals surface area contributed by atoms with Crippen LogP contribution >= 0.6 is 11.3 Å². The van der Waals surface area contributed by atoms with Gasteiger partial charge in [0.15, 0.2) is 0 Å². The molecule has 0 atom stereocenters. The maximum Gasteiger partial charge on any atom is 0.261 e. The number of hydrogen-bond donors (Lipinski definition) is 2. The highest BCUT2D eigenvalue weighted by atomic mass is 32.1. The van der Waals surface area contributed by atoms with Crippen LogP contribution in [0.2, 0.25) is 0 Å². The molecule has 0 spiro atoms. The molecule has 4 nitrogen and oxygen atoms in total. The zero-order chi connectivity index (χ0) is 16.2. The zero-order valence-electron chi connectivity index (χ0n) is 13.8. The van der Waals surface area contributed by atoms with Crippen molar-refractivity contribution in [2.45, 2.75) is 70.8 Å². The largest absolute Gasteiger partial charge is 0.349 e. The Morgan fingerprint density at radius 1 is 1.04 bits per heavy atom. The lowest BCUT2D eigenvalue weighted by Gasteiger charge is -2.20. The van der Waals surface area contributed by atoms with Crippen LogP contribution in [0.3, 0.4) is 0 Å². The van der Waals surface area contributed by atoms with E-state index in [1.165, 1.54) is 43.4 Å². The van der Waals surface area contributed by atoms with Gasteiger partial charge in [-0.15, -0.1) is 11.3 Å². The average Bonchev–Trinajstić information content (AvgIpc) is 3.26. The van der Waals surface area contributed by atoms with E-state index >= 15 is 0 Å². The highest BCUT2D eigenvalue weighted by molar-refractivity contribution is 7.18. The van der Waals surface area contributed by atoms with E-state index in [2.05, 4.69) is 10.6 Å². The first-order valence-corrected chi connectivity index (χ1v) is 9.67. The molecule has 2 N–H and O–H groups in total. The zero-order valence-corrected chi connectivity index (χ0v) is 14.6. The molecule has 0 unspecified atom stereocenters. The van der Waals surface area contributed by atoms with Crippen molar-refractivity contribution in [2.75, 3.05) is 5.32 Å². The Morgan fingerprint density at radius 3 is 2.35 bits per heavy atom. The Hall–Kier alpha value is -1.36. The number of rotatable bonds is 4. The fourth-order valence-electron chi connectivity index (χ4n) is 3.19. The third-order valence-electron chi connectivity index (χ3n) is 4.76. The second-order valence-corrected chi connectivity index (χ2v) is 7.95. The van der Waals surface area contributed by atoms with Gasteiger partial charge in [-0.25, -0.2) is 0 Å². The number of anilines is 1. The van der Waals surface area contributed by atoms with Crippen LogP contribution in [0.1, 0.15) is 73.0 Å². The van der Waals surface area contributed by atoms with E-state index in [-0.39, 0.29) is 17.7 Å². The van der Waals surface area contributed by atoms with Crippen molar-refractivity contribution in [3.63, 3.8) is 0 Å². The molecule has 2 aliphatic carbocycles. The molecule has 1 aromatic rings. The maximum absolute atomic E-state index is 12.6. The molecule has 0 aliphatic heterocycles. The minimum atomic E-state index is 0.0185. The van der Waals surface area contributed by atoms with Crippen LogP contribution in [0.25, 0.3) is 0 Å². The van der Waals surface area contributed by atoms with Gasteiger partial charge in [-0.2, -0.15) is 0 Å². The number of carbonyl (C=O) groups is 2. The van der Waals surface area contributed by atoms with Crippen LogP contribution in [0, 0.1) is 12.8 Å². The Morgan fingerprint density at radius 2 is 1.70 bits per heavy atom. The summed E-state index contributed by atoms with van der Waals surface area (Å²) in [4.78, 5) is 25.1. The molecule has 2 amide bonds. The third kappa shape index (κ3) is 4.56. The first kappa shape index (κ1) is 16.5. The summed E-state index contributed by atoms with van der Waals surface area (Å²) in [5.41, 5.74) is 0.949. The predicted octanol–water partition coefficient (Wildman–Crippen LogP) is 4.25. The number of amides is 2. The van der Waals surface area contributed by atoms with E-state index in [1.807, 2.05) is 13.0 Å². The molecular weight excluding hydrogens is 308 g/mol. The fraction of sp³-hybridized carbons (Fsp3) is 0.667. The van der Waals surface area contributed by atoms with E-state index in [0.717, 1.165) is 41.1 Å². The molecule has 0 saturated heterocycles. The molecule has 2 fully saturated rings. The first-order chi connectivity index (χ1) is 11.1. The van der Waals surface area contributed by atoms with Crippen molar-refractivity contribution >= 4 is 28.2 Å². The van der Waals surface area contributed by atoms with Crippen LogP contribution in [0.5, 0.6) is 0 Å². The molecule has 1 heterocycles. The van der Waals surface area contributed by atoms with Gasteiger partial charge in [0.05, 0.1) is 9.88 Å². The van der Waals surface area contributed by atoms with Crippen LogP contribution in [-0.4, -0.2) is 17.9 Å². The SMILES string of the molecule is Cc1cc(NC(=O)C2CC2)sc1C(=O)NC1CCCCCCC1.